The summed E-state index contributed by atoms with van der Waals surface area (Å²) < 4.78 is 0.898. The molecule has 1 amide bonds. The van der Waals surface area contributed by atoms with Gasteiger partial charge in [-0.3, -0.25) is 4.79 Å². The van der Waals surface area contributed by atoms with Gasteiger partial charge in [-0.15, -0.1) is 0 Å². The number of amides is 1. The summed E-state index contributed by atoms with van der Waals surface area (Å²) in [5.41, 5.74) is 0.632. The van der Waals surface area contributed by atoms with Gasteiger partial charge in [-0.1, -0.05) is 12.8 Å². The van der Waals surface area contributed by atoms with Gasteiger partial charge >= 0.3 is 0 Å². The van der Waals surface area contributed by atoms with Crippen molar-refractivity contribution in [1.29, 1.82) is 0 Å². The molecule has 1 aromatic heterocycles. The van der Waals surface area contributed by atoms with E-state index in [1.54, 1.807) is 12.3 Å². The molecule has 0 atom stereocenters. The van der Waals surface area contributed by atoms with Crippen LogP contribution >= 0.6 is 22.6 Å². The monoisotopic (exact) mass is 372 g/mol. The fourth-order valence-corrected chi connectivity index (χ4v) is 2.04. The molecule has 5 heteroatoms. The Labute approximate surface area is 129 Å². The topological polar surface area (TPSA) is 45.2 Å². The van der Waals surface area contributed by atoms with E-state index < -0.39 is 0 Å². The third-order valence-corrected chi connectivity index (χ3v) is 3.45. The standard InChI is InChI=1S/C14H22IN3O/c1-18(2)10-6-4-3-5-9-16-14(19)12-7-8-13(15)17-11-12/h7-8,11H,3-6,9-10H2,1-2H3,(H,16,19)/i15-3. The van der Waals surface area contributed by atoms with Crippen LogP contribution in [0, 0.1) is 3.70 Å². The Morgan fingerprint density at radius 3 is 2.63 bits per heavy atom. The van der Waals surface area contributed by atoms with Crippen LogP contribution in [-0.2, 0) is 0 Å². The molecule has 106 valence electrons. The molecular weight excluding hydrogens is 350 g/mol. The Morgan fingerprint density at radius 2 is 2.00 bits per heavy atom. The molecule has 0 bridgehead atoms. The van der Waals surface area contributed by atoms with Crippen LogP contribution in [0.1, 0.15) is 36.0 Å². The van der Waals surface area contributed by atoms with Gasteiger partial charge in [0, 0.05) is 12.7 Å². The highest BCUT2D eigenvalue weighted by Crippen LogP contribution is 2.03. The van der Waals surface area contributed by atoms with E-state index in [0.29, 0.717) is 5.56 Å². The average molecular weight is 372 g/mol. The highest BCUT2D eigenvalue weighted by molar-refractivity contribution is 14.1. The number of aromatic nitrogens is 1. The van der Waals surface area contributed by atoms with Crippen LogP contribution in [0.25, 0.3) is 0 Å². The van der Waals surface area contributed by atoms with Crippen LogP contribution in [0.4, 0.5) is 0 Å². The summed E-state index contributed by atoms with van der Waals surface area (Å²) in [5.74, 6) is -0.0304. The highest BCUT2D eigenvalue weighted by Gasteiger charge is 2.04. The minimum atomic E-state index is -0.0304. The number of nitrogens with one attached hydrogen (secondary N) is 1. The van der Waals surface area contributed by atoms with Gasteiger partial charge in [-0.2, -0.15) is 0 Å². The maximum absolute atomic E-state index is 11.8. The van der Waals surface area contributed by atoms with Gasteiger partial charge < -0.3 is 10.2 Å². The van der Waals surface area contributed by atoms with Gasteiger partial charge in [-0.25, -0.2) is 4.98 Å². The lowest BCUT2D eigenvalue weighted by atomic mass is 10.2. The molecule has 1 aromatic rings. The summed E-state index contributed by atoms with van der Waals surface area (Å²) in [6.45, 7) is 1.88. The number of nitrogens with zero attached hydrogens (tertiary/aromatic N) is 2. The van der Waals surface area contributed by atoms with E-state index in [0.717, 1.165) is 23.2 Å². The van der Waals surface area contributed by atoms with Crippen molar-refractivity contribution in [2.24, 2.45) is 0 Å². The van der Waals surface area contributed by atoms with E-state index in [4.69, 9.17) is 0 Å². The molecule has 1 N–H and O–H groups in total. The molecule has 0 unspecified atom stereocenters. The molecule has 1 heterocycles. The molecule has 0 fully saturated rings. The van der Waals surface area contributed by atoms with Crippen molar-refractivity contribution < 1.29 is 4.79 Å². The van der Waals surface area contributed by atoms with Gasteiger partial charge in [0.25, 0.3) is 5.91 Å². The van der Waals surface area contributed by atoms with Crippen LogP contribution < -0.4 is 5.32 Å². The molecule has 1 rings (SSSR count). The molecule has 4 nitrogen and oxygen atoms in total. The Hall–Kier alpha value is -0.690. The third-order valence-electron chi connectivity index (χ3n) is 2.81. The maximum Gasteiger partial charge on any atom is 0.252 e. The number of carbonyl (C=O) groups is 1. The molecular formula is C14H22IN3O. The van der Waals surface area contributed by atoms with Crippen LogP contribution in [0.3, 0.4) is 0 Å². The van der Waals surface area contributed by atoms with E-state index >= 15 is 0 Å². The molecule has 0 aromatic carbocycles. The van der Waals surface area contributed by atoms with Gasteiger partial charge in [0.05, 0.1) is 5.56 Å². The number of pyridine rings is 1. The SMILES string of the molecule is CN(C)CCCCCCNC(=O)c1ccc([124I])nc1. The van der Waals surface area contributed by atoms with Crippen LogP contribution in [0.5, 0.6) is 0 Å². The van der Waals surface area contributed by atoms with E-state index in [9.17, 15) is 4.79 Å². The zero-order chi connectivity index (χ0) is 14.1. The minimum absolute atomic E-state index is 0.0304. The first-order valence-corrected chi connectivity index (χ1v) is 7.72. The summed E-state index contributed by atoms with van der Waals surface area (Å²) in [4.78, 5) is 18.1. The van der Waals surface area contributed by atoms with Crippen molar-refractivity contribution in [2.75, 3.05) is 27.2 Å². The predicted molar refractivity (Wildman–Crippen MR) is 86.3 cm³/mol. The van der Waals surface area contributed by atoms with E-state index in [1.807, 2.05) is 6.07 Å². The predicted octanol–water partition coefficient (Wildman–Crippen LogP) is 2.54. The Balaban J connectivity index is 2.09. The number of rotatable bonds is 8. The van der Waals surface area contributed by atoms with Gasteiger partial charge in [0.15, 0.2) is 0 Å². The van der Waals surface area contributed by atoms with Crippen molar-refractivity contribution in [3.05, 3.63) is 27.6 Å². The number of unbranched alkanes of at least 4 members (excludes halogenated alkanes) is 3. The van der Waals surface area contributed by atoms with Crippen molar-refractivity contribution in [1.82, 2.24) is 15.2 Å². The van der Waals surface area contributed by atoms with Crippen molar-refractivity contribution in [3.63, 3.8) is 0 Å². The molecule has 0 radical (unpaired) electrons. The average Bonchev–Trinajstić information content (AvgIpc) is 2.38. The lowest BCUT2D eigenvalue weighted by Crippen LogP contribution is -2.24. The first kappa shape index (κ1) is 16.4. The molecule has 0 saturated carbocycles. The Kier molecular flexibility index (Phi) is 7.97. The lowest BCUT2D eigenvalue weighted by Gasteiger charge is -2.09. The quantitative estimate of drug-likeness (QED) is 0.433. The summed E-state index contributed by atoms with van der Waals surface area (Å²) in [7, 11) is 4.19. The van der Waals surface area contributed by atoms with Crippen molar-refractivity contribution >= 4 is 28.5 Å². The van der Waals surface area contributed by atoms with E-state index in [-0.39, 0.29) is 5.91 Å². The molecule has 19 heavy (non-hydrogen) atoms. The van der Waals surface area contributed by atoms with Crippen LogP contribution in [0.15, 0.2) is 18.3 Å². The zero-order valence-corrected chi connectivity index (χ0v) is 13.8. The first-order chi connectivity index (χ1) is 9.09. The highest BCUT2D eigenvalue weighted by atomic mass is 124. The summed E-state index contributed by atoms with van der Waals surface area (Å²) in [5, 5.41) is 2.93. The number of hydrogen-bond donors (Lipinski definition) is 1. The summed E-state index contributed by atoms with van der Waals surface area (Å²) >= 11 is 2.13. The lowest BCUT2D eigenvalue weighted by molar-refractivity contribution is 0.0952. The largest absolute Gasteiger partial charge is 0.352 e. The van der Waals surface area contributed by atoms with Crippen molar-refractivity contribution in [3.8, 4) is 0 Å². The van der Waals surface area contributed by atoms with Crippen LogP contribution in [0.2, 0.25) is 0 Å². The van der Waals surface area contributed by atoms with E-state index in [2.05, 4.69) is 51.9 Å². The third kappa shape index (κ3) is 7.47. The number of hydrogen-bond acceptors (Lipinski definition) is 3. The van der Waals surface area contributed by atoms with Crippen molar-refractivity contribution in [2.45, 2.75) is 25.7 Å². The van der Waals surface area contributed by atoms with E-state index in [1.165, 1.54) is 19.3 Å². The fourth-order valence-electron chi connectivity index (χ4n) is 1.72. The molecule has 0 aliphatic carbocycles. The minimum Gasteiger partial charge on any atom is -0.352 e. The van der Waals surface area contributed by atoms with Crippen LogP contribution in [-0.4, -0.2) is 43.0 Å². The normalized spacial score (nSPS) is 10.7. The second kappa shape index (κ2) is 9.25. The van der Waals surface area contributed by atoms with Gasteiger partial charge in [-0.05, 0) is 68.2 Å². The molecule has 0 aliphatic rings. The first-order valence-electron chi connectivity index (χ1n) is 6.64. The molecule has 0 spiro atoms. The second-order valence-corrected chi connectivity index (χ2v) is 5.95. The Morgan fingerprint density at radius 1 is 1.26 bits per heavy atom. The Bertz CT molecular complexity index is 379. The van der Waals surface area contributed by atoms with Gasteiger partial charge in [0.2, 0.25) is 0 Å². The number of halogens is 1. The molecule has 0 aliphatic heterocycles. The number of carbonyl (C=O) groups excluding carboxylic acids is 1. The summed E-state index contributed by atoms with van der Waals surface area (Å²) in [6, 6.07) is 3.65. The fraction of sp³-hybridized carbons (Fsp3) is 0.571. The zero-order valence-electron chi connectivity index (χ0n) is 11.7. The van der Waals surface area contributed by atoms with Gasteiger partial charge in [0.1, 0.15) is 3.70 Å². The second-order valence-electron chi connectivity index (χ2n) is 4.84. The summed E-state index contributed by atoms with van der Waals surface area (Å²) in [6.07, 6.45) is 6.27. The molecule has 0 saturated heterocycles. The smallest absolute Gasteiger partial charge is 0.252 e. The maximum atomic E-state index is 11.8.